The first-order chi connectivity index (χ1) is 16.8. The number of halogens is 3. The molecule has 0 aliphatic rings. The molecule has 5 rings (SSSR count). The Balaban J connectivity index is 0.00000180. The number of benzene rings is 2. The average Bonchev–Trinajstić information content (AvgIpc) is 3.43. The van der Waals surface area contributed by atoms with Gasteiger partial charge in [-0.1, -0.05) is 30.3 Å². The van der Waals surface area contributed by atoms with E-state index in [1.807, 2.05) is 68.4 Å². The molecule has 0 atom stereocenters. The minimum absolute atomic E-state index is 0. The van der Waals surface area contributed by atoms with Crippen LogP contribution in [-0.4, -0.2) is 50.5 Å². The van der Waals surface area contributed by atoms with Crippen LogP contribution in [0.4, 0.5) is 0 Å². The van der Waals surface area contributed by atoms with E-state index in [0.29, 0.717) is 39.5 Å². The Morgan fingerprint density at radius 1 is 0.579 bits per heavy atom. The van der Waals surface area contributed by atoms with E-state index in [-0.39, 0.29) is 55.8 Å². The van der Waals surface area contributed by atoms with E-state index >= 15 is 0 Å². The molecule has 0 aliphatic heterocycles. The van der Waals surface area contributed by atoms with Crippen molar-refractivity contribution in [1.29, 1.82) is 0 Å². The molecular weight excluding hydrogens is 584 g/mol. The zero-order valence-corrected chi connectivity index (χ0v) is 24.9. The maximum absolute atomic E-state index is 5.64. The van der Waals surface area contributed by atoms with Crippen LogP contribution in [0.15, 0.2) is 66.7 Å². The van der Waals surface area contributed by atoms with Crippen molar-refractivity contribution in [3.63, 3.8) is 0 Å². The third-order valence-corrected chi connectivity index (χ3v) is 5.84. The van der Waals surface area contributed by atoms with Crippen molar-refractivity contribution in [1.82, 2.24) is 24.1 Å². The van der Waals surface area contributed by atoms with Crippen molar-refractivity contribution in [3.8, 4) is 23.0 Å². The molecule has 7 nitrogen and oxygen atoms in total. The Hall–Kier alpha value is -2.10. The summed E-state index contributed by atoms with van der Waals surface area (Å²) in [6, 6.07) is 22.4. The molecule has 0 N–H and O–H groups in total. The number of hydrogen-bond donors (Lipinski definition) is 0. The first kappa shape index (κ1) is 33.9. The molecule has 11 heteroatoms. The summed E-state index contributed by atoms with van der Waals surface area (Å²) in [5.74, 6) is 1.67. The number of fused-ring (bicyclic) bond motifs is 2. The van der Waals surface area contributed by atoms with Gasteiger partial charge in [-0.3, -0.25) is 0 Å². The molecule has 0 bridgehead atoms. The monoisotopic (exact) mass is 611 g/mol. The van der Waals surface area contributed by atoms with Crippen molar-refractivity contribution >= 4 is 22.1 Å². The molecule has 3 aromatic heterocycles. The van der Waals surface area contributed by atoms with Gasteiger partial charge in [-0.25, -0.2) is 15.0 Å². The minimum atomic E-state index is 0. The molecule has 0 saturated heterocycles. The van der Waals surface area contributed by atoms with E-state index in [2.05, 4.69) is 21.3 Å². The van der Waals surface area contributed by atoms with Gasteiger partial charge in [0.1, 0.15) is 11.4 Å². The zero-order valence-electron chi connectivity index (χ0n) is 21.2. The van der Waals surface area contributed by atoms with E-state index in [9.17, 15) is 0 Å². The first-order valence-electron chi connectivity index (χ1n) is 11.8. The number of hydrogen-bond acceptors (Lipinski definition) is 5. The molecule has 3 heterocycles. The van der Waals surface area contributed by atoms with Crippen LogP contribution >= 0.6 is 0 Å². The number of para-hydroxylation sites is 4. The Labute approximate surface area is 253 Å². The summed E-state index contributed by atoms with van der Waals surface area (Å²) in [6.45, 7) is 8.06. The summed E-state index contributed by atoms with van der Waals surface area (Å²) >= 11 is 0. The molecule has 38 heavy (non-hydrogen) atoms. The van der Waals surface area contributed by atoms with Gasteiger partial charge in [-0.05, 0) is 50.2 Å². The minimum Gasteiger partial charge on any atom is -1.00 e. The van der Waals surface area contributed by atoms with Crippen molar-refractivity contribution in [2.75, 3.05) is 26.4 Å². The Morgan fingerprint density at radius 3 is 1.42 bits per heavy atom. The van der Waals surface area contributed by atoms with E-state index in [4.69, 9.17) is 24.4 Å². The second-order valence-corrected chi connectivity index (χ2v) is 7.95. The third-order valence-electron chi connectivity index (χ3n) is 5.84. The first-order valence-corrected chi connectivity index (χ1v) is 11.8. The summed E-state index contributed by atoms with van der Waals surface area (Å²) < 4.78 is 15.7. The number of imidazole rings is 2. The van der Waals surface area contributed by atoms with Gasteiger partial charge in [0.15, 0.2) is 11.6 Å². The normalized spacial score (nSPS) is 10.4. The zero-order chi connectivity index (χ0) is 23.3. The van der Waals surface area contributed by atoms with Gasteiger partial charge in [0.25, 0.3) is 0 Å². The molecule has 0 amide bonds. The van der Waals surface area contributed by atoms with Gasteiger partial charge in [0, 0.05) is 44.9 Å². The smallest absolute Gasteiger partial charge is 0.159 e. The van der Waals surface area contributed by atoms with Gasteiger partial charge in [-0.15, -0.1) is 0 Å². The summed E-state index contributed by atoms with van der Waals surface area (Å²) in [6.07, 6.45) is 0. The number of ether oxygens (including phenoxy) is 2. The predicted octanol–water partition coefficient (Wildman–Crippen LogP) is -3.80. The van der Waals surface area contributed by atoms with Gasteiger partial charge in [0.05, 0.1) is 35.3 Å². The third kappa shape index (κ3) is 7.10. The van der Waals surface area contributed by atoms with E-state index < -0.39 is 0 Å². The number of nitrogens with zero attached hydrogens (tertiary/aromatic N) is 5. The second-order valence-electron chi connectivity index (χ2n) is 7.95. The molecule has 2 aromatic carbocycles. The van der Waals surface area contributed by atoms with Crippen LogP contribution in [0.25, 0.3) is 45.1 Å². The molecule has 5 aromatic rings. The van der Waals surface area contributed by atoms with Gasteiger partial charge in [0.2, 0.25) is 0 Å². The van der Waals surface area contributed by atoms with Crippen LogP contribution < -0.4 is 37.2 Å². The summed E-state index contributed by atoms with van der Waals surface area (Å²) in [4.78, 5) is 14.9. The Morgan fingerprint density at radius 2 is 1.00 bits per heavy atom. The fraction of sp³-hybridized carbons (Fsp3) is 0.296. The topological polar surface area (TPSA) is 67.0 Å². The summed E-state index contributed by atoms with van der Waals surface area (Å²) in [5, 5.41) is 0. The van der Waals surface area contributed by atoms with E-state index in [1.165, 1.54) is 0 Å². The maximum Gasteiger partial charge on any atom is 0.159 e. The number of rotatable bonds is 10. The molecular formula is C27H29Cl3N5O2V-3. The molecule has 0 spiro atoms. The van der Waals surface area contributed by atoms with Gasteiger partial charge in [-0.2, -0.15) is 0 Å². The maximum atomic E-state index is 5.64. The summed E-state index contributed by atoms with van der Waals surface area (Å²) in [5.41, 5.74) is 5.68. The van der Waals surface area contributed by atoms with Crippen LogP contribution in [0.3, 0.4) is 0 Å². The van der Waals surface area contributed by atoms with Crippen molar-refractivity contribution in [2.45, 2.75) is 26.9 Å². The largest absolute Gasteiger partial charge is 1.00 e. The molecule has 0 fully saturated rings. The van der Waals surface area contributed by atoms with Crippen LogP contribution in [0.2, 0.25) is 0 Å². The van der Waals surface area contributed by atoms with Gasteiger partial charge >= 0.3 is 0 Å². The quantitative estimate of drug-likeness (QED) is 0.152. The van der Waals surface area contributed by atoms with Crippen molar-refractivity contribution in [3.05, 3.63) is 66.7 Å². The molecule has 0 saturated carbocycles. The number of pyridine rings is 1. The molecule has 1 radical (unpaired) electrons. The van der Waals surface area contributed by atoms with Crippen LogP contribution in [0, 0.1) is 0 Å². The van der Waals surface area contributed by atoms with Crippen LogP contribution in [-0.2, 0) is 41.1 Å². The fourth-order valence-electron chi connectivity index (χ4n) is 4.28. The SMILES string of the molecule is CCOCCn1c(-c2cccc(-c3nc4ccccc4n3CCOCC)n2)nc2ccccc21.[Cl-].[Cl-].[Cl-].[V]. The molecule has 203 valence electrons. The average molecular weight is 613 g/mol. The fourth-order valence-corrected chi connectivity index (χ4v) is 4.28. The molecule has 0 unspecified atom stereocenters. The predicted molar refractivity (Wildman–Crippen MR) is 135 cm³/mol. The number of aromatic nitrogens is 5. The second kappa shape index (κ2) is 16.1. The van der Waals surface area contributed by atoms with Crippen LogP contribution in [0.5, 0.6) is 0 Å². The standard InChI is InChI=1S/C27H29N5O2.3ClH.V/c1-3-33-18-16-31-24-14-7-5-10-20(24)29-26(31)22-12-9-13-23(28-22)27-30-21-11-6-8-15-25(21)32(27)17-19-34-4-2;;;;/h5-15H,3-4,16-19H2,1-2H3;3*1H;/p-3. The van der Waals surface area contributed by atoms with Crippen molar-refractivity contribution in [2.24, 2.45) is 0 Å². The Kier molecular flexibility index (Phi) is 14.4. The molecule has 0 aliphatic carbocycles. The van der Waals surface area contributed by atoms with Crippen molar-refractivity contribution < 1.29 is 65.3 Å². The van der Waals surface area contributed by atoms with Gasteiger partial charge < -0.3 is 55.8 Å². The van der Waals surface area contributed by atoms with E-state index in [0.717, 1.165) is 45.1 Å². The van der Waals surface area contributed by atoms with E-state index in [1.54, 1.807) is 0 Å². The summed E-state index contributed by atoms with van der Waals surface area (Å²) in [7, 11) is 0. The Bertz CT molecular complexity index is 1320. The van der Waals surface area contributed by atoms with Crippen LogP contribution in [0.1, 0.15) is 13.8 Å².